The number of aryl methyl sites for hydroxylation is 3. The van der Waals surface area contributed by atoms with Crippen LogP contribution >= 0.6 is 11.3 Å². The molecule has 0 saturated heterocycles. The van der Waals surface area contributed by atoms with Crippen LogP contribution in [0.3, 0.4) is 0 Å². The molecule has 0 radical (unpaired) electrons. The molecule has 9 heteroatoms. The van der Waals surface area contributed by atoms with Gasteiger partial charge < -0.3 is 4.52 Å². The van der Waals surface area contributed by atoms with Crippen molar-refractivity contribution in [2.75, 3.05) is 0 Å². The number of hydrogen-bond acceptors (Lipinski definition) is 6. The number of carbonyl (C=O) groups excluding carboxylic acids is 1. The predicted molar refractivity (Wildman–Crippen MR) is 89.3 cm³/mol. The van der Waals surface area contributed by atoms with Gasteiger partial charge in [-0.15, -0.1) is 16.2 Å². The van der Waals surface area contributed by atoms with Crippen molar-refractivity contribution in [3.8, 4) is 0 Å². The highest BCUT2D eigenvalue weighted by Gasteiger charge is 2.26. The minimum Gasteiger partial charge on any atom is -0.360 e. The Morgan fingerprint density at radius 3 is 2.83 bits per heavy atom. The highest BCUT2D eigenvalue weighted by atomic mass is 32.2. The van der Waals surface area contributed by atoms with Gasteiger partial charge in [-0.2, -0.15) is 0 Å². The van der Waals surface area contributed by atoms with E-state index < -0.39 is 15.9 Å². The molecule has 2 aromatic rings. The molecule has 2 heterocycles. The predicted octanol–water partition coefficient (Wildman–Crippen LogP) is 2.10. The van der Waals surface area contributed by atoms with Gasteiger partial charge in [-0.05, 0) is 50.7 Å². The number of sulfonamides is 1. The summed E-state index contributed by atoms with van der Waals surface area (Å²) in [5.41, 5.74) is 3.70. The third-order valence-corrected chi connectivity index (χ3v) is 6.82. The van der Waals surface area contributed by atoms with Crippen molar-refractivity contribution < 1.29 is 17.7 Å². The molecule has 3 rings (SSSR count). The summed E-state index contributed by atoms with van der Waals surface area (Å²) in [7, 11) is -3.93. The number of rotatable bonds is 4. The number of nitrogens with one attached hydrogen (secondary N) is 2. The molecular weight excluding hydrogens is 350 g/mol. The van der Waals surface area contributed by atoms with Crippen LogP contribution in [0, 0.1) is 19.8 Å². The second-order valence-electron chi connectivity index (χ2n) is 6.12. The molecule has 0 saturated carbocycles. The maximum absolute atomic E-state index is 12.3. The Morgan fingerprint density at radius 2 is 2.17 bits per heavy atom. The lowest BCUT2D eigenvalue weighted by atomic mass is 9.90. The summed E-state index contributed by atoms with van der Waals surface area (Å²) < 4.78 is 29.4. The SMILES string of the molecule is Cc1noc(C)c1S(=O)(=O)NNC(=O)c1cc2c(s1)CCC(C)C2. The molecule has 1 aliphatic rings. The van der Waals surface area contributed by atoms with Gasteiger partial charge in [0.05, 0.1) is 4.88 Å². The molecule has 0 aliphatic heterocycles. The van der Waals surface area contributed by atoms with Crippen LogP contribution in [0.4, 0.5) is 0 Å². The maximum atomic E-state index is 12.3. The van der Waals surface area contributed by atoms with E-state index >= 15 is 0 Å². The Kier molecular flexibility index (Phi) is 4.50. The van der Waals surface area contributed by atoms with Crippen molar-refractivity contribution in [3.05, 3.63) is 32.8 Å². The lowest BCUT2D eigenvalue weighted by molar-refractivity contribution is 0.0949. The molecule has 2 aromatic heterocycles. The van der Waals surface area contributed by atoms with E-state index in [0.717, 1.165) is 19.3 Å². The average Bonchev–Trinajstić information content (AvgIpc) is 3.08. The molecule has 0 aromatic carbocycles. The number of thiophene rings is 1. The third-order valence-electron chi connectivity index (χ3n) is 4.09. The van der Waals surface area contributed by atoms with Gasteiger partial charge in [0.1, 0.15) is 10.6 Å². The standard InChI is InChI=1S/C15H19N3O4S2/c1-8-4-5-12-11(6-8)7-13(23-12)15(19)16-18-24(20,21)14-9(2)17-22-10(14)3/h7-8,18H,4-6H2,1-3H3,(H,16,19). The van der Waals surface area contributed by atoms with Crippen molar-refractivity contribution >= 4 is 27.3 Å². The molecule has 1 amide bonds. The number of aromatic nitrogens is 1. The molecular formula is C15H19N3O4S2. The van der Waals surface area contributed by atoms with Crippen molar-refractivity contribution in [2.45, 2.75) is 44.9 Å². The molecule has 7 nitrogen and oxygen atoms in total. The molecule has 0 fully saturated rings. The number of hydrogen-bond donors (Lipinski definition) is 2. The van der Waals surface area contributed by atoms with E-state index in [2.05, 4.69) is 22.3 Å². The van der Waals surface area contributed by atoms with Crippen molar-refractivity contribution in [1.82, 2.24) is 15.4 Å². The smallest absolute Gasteiger partial charge is 0.276 e. The maximum Gasteiger partial charge on any atom is 0.276 e. The zero-order valence-electron chi connectivity index (χ0n) is 13.7. The van der Waals surface area contributed by atoms with Gasteiger partial charge in [0.25, 0.3) is 15.9 Å². The first-order valence-corrected chi connectivity index (χ1v) is 9.94. The van der Waals surface area contributed by atoms with Gasteiger partial charge in [0.2, 0.25) is 0 Å². The third kappa shape index (κ3) is 3.24. The first-order valence-electron chi connectivity index (χ1n) is 7.64. The molecule has 24 heavy (non-hydrogen) atoms. The number of amides is 1. The Balaban J connectivity index is 1.72. The minimum absolute atomic E-state index is 0.0536. The number of carbonyl (C=O) groups is 1. The van der Waals surface area contributed by atoms with Gasteiger partial charge in [-0.25, -0.2) is 8.42 Å². The van der Waals surface area contributed by atoms with Gasteiger partial charge in [0.15, 0.2) is 5.76 Å². The number of hydrazine groups is 1. The van der Waals surface area contributed by atoms with E-state index in [1.807, 2.05) is 6.07 Å². The quantitative estimate of drug-likeness (QED) is 0.804. The molecule has 2 N–H and O–H groups in total. The lowest BCUT2D eigenvalue weighted by Gasteiger charge is -2.16. The Hall–Kier alpha value is -1.71. The van der Waals surface area contributed by atoms with Gasteiger partial charge in [0, 0.05) is 4.88 Å². The molecule has 130 valence electrons. The van der Waals surface area contributed by atoms with Crippen molar-refractivity contribution in [3.63, 3.8) is 0 Å². The monoisotopic (exact) mass is 369 g/mol. The fourth-order valence-electron chi connectivity index (χ4n) is 2.90. The first-order chi connectivity index (χ1) is 11.3. The first kappa shape index (κ1) is 17.1. The van der Waals surface area contributed by atoms with Crippen LogP contribution in [-0.2, 0) is 22.9 Å². The molecule has 1 aliphatic carbocycles. The van der Waals surface area contributed by atoms with E-state index in [0.29, 0.717) is 10.8 Å². The van der Waals surface area contributed by atoms with Crippen LogP contribution < -0.4 is 10.3 Å². The van der Waals surface area contributed by atoms with Gasteiger partial charge >= 0.3 is 0 Å². The topological polar surface area (TPSA) is 101 Å². The summed E-state index contributed by atoms with van der Waals surface area (Å²) >= 11 is 1.42. The summed E-state index contributed by atoms with van der Waals surface area (Å²) in [5, 5.41) is 3.61. The summed E-state index contributed by atoms with van der Waals surface area (Å²) in [5.74, 6) is 0.327. The van der Waals surface area contributed by atoms with Crippen LogP contribution in [0.2, 0.25) is 0 Å². The Labute approximate surface area is 144 Å². The fraction of sp³-hybridized carbons (Fsp3) is 0.467. The van der Waals surface area contributed by atoms with Gasteiger partial charge in [-0.1, -0.05) is 12.1 Å². The summed E-state index contributed by atoms with van der Waals surface area (Å²) in [6, 6.07) is 1.86. The zero-order valence-corrected chi connectivity index (χ0v) is 15.3. The van der Waals surface area contributed by atoms with E-state index in [4.69, 9.17) is 4.52 Å². The lowest BCUT2D eigenvalue weighted by Crippen LogP contribution is -2.41. The van der Waals surface area contributed by atoms with Crippen molar-refractivity contribution in [1.29, 1.82) is 0 Å². The molecule has 0 bridgehead atoms. The fourth-order valence-corrected chi connectivity index (χ4v) is 5.18. The second-order valence-corrected chi connectivity index (χ2v) is 8.88. The molecule has 1 atom stereocenters. The minimum atomic E-state index is -3.93. The normalized spacial score (nSPS) is 17.5. The number of nitrogens with zero attached hydrogens (tertiary/aromatic N) is 1. The summed E-state index contributed by atoms with van der Waals surface area (Å²) in [6.07, 6.45) is 3.05. The van der Waals surface area contributed by atoms with E-state index in [-0.39, 0.29) is 16.3 Å². The van der Waals surface area contributed by atoms with Crippen LogP contribution in [0.25, 0.3) is 0 Å². The Bertz CT molecular complexity index is 863. The van der Waals surface area contributed by atoms with Crippen LogP contribution in [0.5, 0.6) is 0 Å². The van der Waals surface area contributed by atoms with Crippen LogP contribution in [0.15, 0.2) is 15.5 Å². The molecule has 1 unspecified atom stereocenters. The Morgan fingerprint density at radius 1 is 1.42 bits per heavy atom. The van der Waals surface area contributed by atoms with Crippen molar-refractivity contribution in [2.24, 2.45) is 5.92 Å². The highest BCUT2D eigenvalue weighted by Crippen LogP contribution is 2.32. The van der Waals surface area contributed by atoms with Crippen LogP contribution in [-0.4, -0.2) is 19.5 Å². The summed E-state index contributed by atoms with van der Waals surface area (Å²) in [4.78, 5) is 16.0. The van der Waals surface area contributed by atoms with Crippen LogP contribution in [0.1, 0.15) is 44.9 Å². The zero-order chi connectivity index (χ0) is 17.5. The van der Waals surface area contributed by atoms with E-state index in [9.17, 15) is 13.2 Å². The molecule has 0 spiro atoms. The highest BCUT2D eigenvalue weighted by molar-refractivity contribution is 7.89. The largest absolute Gasteiger partial charge is 0.360 e. The second kappa shape index (κ2) is 6.30. The number of fused-ring (bicyclic) bond motifs is 1. The van der Waals surface area contributed by atoms with E-state index in [1.54, 1.807) is 0 Å². The van der Waals surface area contributed by atoms with Gasteiger partial charge in [-0.3, -0.25) is 10.2 Å². The van der Waals surface area contributed by atoms with E-state index in [1.165, 1.54) is 35.6 Å². The summed E-state index contributed by atoms with van der Waals surface area (Å²) in [6.45, 7) is 5.23. The average molecular weight is 369 g/mol.